The SMILES string of the molecule is Fc1cccc(CC2NCc3ccccc32)c1F. The molecule has 0 spiro atoms. The highest BCUT2D eigenvalue weighted by Crippen LogP contribution is 2.28. The van der Waals surface area contributed by atoms with Crippen molar-refractivity contribution in [3.8, 4) is 0 Å². The molecular formula is C15H13F2N. The van der Waals surface area contributed by atoms with Crippen LogP contribution in [0.4, 0.5) is 8.78 Å². The van der Waals surface area contributed by atoms with Crippen LogP contribution in [0.25, 0.3) is 0 Å². The van der Waals surface area contributed by atoms with Gasteiger partial charge in [-0.3, -0.25) is 0 Å². The summed E-state index contributed by atoms with van der Waals surface area (Å²) < 4.78 is 26.8. The zero-order chi connectivity index (χ0) is 12.5. The Hall–Kier alpha value is -1.74. The molecule has 0 fully saturated rings. The maximum atomic E-state index is 13.6. The van der Waals surface area contributed by atoms with E-state index in [2.05, 4.69) is 11.4 Å². The Bertz CT molecular complexity index is 580. The maximum absolute atomic E-state index is 13.6. The van der Waals surface area contributed by atoms with Crippen LogP contribution < -0.4 is 5.32 Å². The van der Waals surface area contributed by atoms with Crippen LogP contribution in [0.1, 0.15) is 22.7 Å². The first kappa shape index (κ1) is 11.4. The van der Waals surface area contributed by atoms with Crippen molar-refractivity contribution >= 4 is 0 Å². The third-order valence-corrected chi connectivity index (χ3v) is 3.43. The van der Waals surface area contributed by atoms with Gasteiger partial charge in [0.15, 0.2) is 11.6 Å². The van der Waals surface area contributed by atoms with E-state index < -0.39 is 11.6 Å². The summed E-state index contributed by atoms with van der Waals surface area (Å²) in [6.45, 7) is 0.789. The van der Waals surface area contributed by atoms with Gasteiger partial charge in [-0.1, -0.05) is 36.4 Å². The lowest BCUT2D eigenvalue weighted by molar-refractivity contribution is 0.486. The number of fused-ring (bicyclic) bond motifs is 1. The fraction of sp³-hybridized carbons (Fsp3) is 0.200. The third kappa shape index (κ3) is 1.91. The molecule has 1 aliphatic heterocycles. The predicted molar refractivity (Wildman–Crippen MR) is 66.1 cm³/mol. The summed E-state index contributed by atoms with van der Waals surface area (Å²) in [6, 6.07) is 12.5. The molecule has 1 N–H and O–H groups in total. The largest absolute Gasteiger partial charge is 0.306 e. The number of benzene rings is 2. The van der Waals surface area contributed by atoms with Crippen molar-refractivity contribution in [2.45, 2.75) is 19.0 Å². The summed E-state index contributed by atoms with van der Waals surface area (Å²) in [5, 5.41) is 3.33. The van der Waals surface area contributed by atoms with Crippen molar-refractivity contribution in [3.05, 3.63) is 70.8 Å². The van der Waals surface area contributed by atoms with Crippen molar-refractivity contribution < 1.29 is 8.78 Å². The second-order valence-electron chi connectivity index (χ2n) is 4.55. The number of nitrogens with one attached hydrogen (secondary N) is 1. The molecule has 0 amide bonds. The van der Waals surface area contributed by atoms with Crippen LogP contribution in [-0.4, -0.2) is 0 Å². The smallest absolute Gasteiger partial charge is 0.162 e. The van der Waals surface area contributed by atoms with E-state index in [0.29, 0.717) is 12.0 Å². The van der Waals surface area contributed by atoms with E-state index in [9.17, 15) is 8.78 Å². The Morgan fingerprint density at radius 3 is 2.78 bits per heavy atom. The van der Waals surface area contributed by atoms with Crippen LogP contribution in [0.15, 0.2) is 42.5 Å². The van der Waals surface area contributed by atoms with Gasteiger partial charge in [0, 0.05) is 12.6 Å². The van der Waals surface area contributed by atoms with Gasteiger partial charge in [0.2, 0.25) is 0 Å². The summed E-state index contributed by atoms with van der Waals surface area (Å²) >= 11 is 0. The first-order valence-corrected chi connectivity index (χ1v) is 6.00. The Labute approximate surface area is 104 Å². The van der Waals surface area contributed by atoms with Crippen LogP contribution >= 0.6 is 0 Å². The number of hydrogen-bond donors (Lipinski definition) is 1. The minimum Gasteiger partial charge on any atom is -0.306 e. The van der Waals surface area contributed by atoms with Crippen LogP contribution in [0.3, 0.4) is 0 Å². The molecule has 18 heavy (non-hydrogen) atoms. The molecule has 3 rings (SSSR count). The summed E-state index contributed by atoms with van der Waals surface area (Å²) in [5.41, 5.74) is 2.84. The van der Waals surface area contributed by atoms with Crippen molar-refractivity contribution in [1.29, 1.82) is 0 Å². The molecule has 2 aromatic carbocycles. The maximum Gasteiger partial charge on any atom is 0.162 e. The summed E-state index contributed by atoms with van der Waals surface area (Å²) in [4.78, 5) is 0. The van der Waals surface area contributed by atoms with Crippen LogP contribution in [0.2, 0.25) is 0 Å². The normalized spacial score (nSPS) is 17.8. The van der Waals surface area contributed by atoms with Gasteiger partial charge < -0.3 is 5.32 Å². The van der Waals surface area contributed by atoms with Crippen LogP contribution in [0, 0.1) is 11.6 Å². The Kier molecular flexibility index (Phi) is 2.84. The fourth-order valence-corrected chi connectivity index (χ4v) is 2.49. The average molecular weight is 245 g/mol. The van der Waals surface area contributed by atoms with E-state index in [4.69, 9.17) is 0 Å². The highest BCUT2D eigenvalue weighted by molar-refractivity contribution is 5.35. The molecule has 1 heterocycles. The minimum absolute atomic E-state index is 0.0671. The van der Waals surface area contributed by atoms with E-state index in [-0.39, 0.29) is 6.04 Å². The van der Waals surface area contributed by atoms with E-state index in [1.807, 2.05) is 18.2 Å². The summed E-state index contributed by atoms with van der Waals surface area (Å²) in [5.74, 6) is -1.51. The van der Waals surface area contributed by atoms with Gasteiger partial charge in [0.05, 0.1) is 0 Å². The highest BCUT2D eigenvalue weighted by Gasteiger charge is 2.22. The Balaban J connectivity index is 1.89. The summed E-state index contributed by atoms with van der Waals surface area (Å²) in [7, 11) is 0. The van der Waals surface area contributed by atoms with E-state index in [0.717, 1.165) is 12.6 Å². The Morgan fingerprint density at radius 2 is 1.89 bits per heavy atom. The standard InChI is InChI=1S/C15H13F2N/c16-13-7-3-5-10(15(13)17)8-14-12-6-2-1-4-11(12)9-18-14/h1-7,14,18H,8-9H2. The molecule has 1 nitrogen and oxygen atoms in total. The molecule has 0 saturated heterocycles. The number of halogens is 2. The summed E-state index contributed by atoms with van der Waals surface area (Å²) in [6.07, 6.45) is 0.473. The first-order chi connectivity index (χ1) is 8.75. The topological polar surface area (TPSA) is 12.0 Å². The van der Waals surface area contributed by atoms with Gasteiger partial charge in [0.1, 0.15) is 0 Å². The highest BCUT2D eigenvalue weighted by atomic mass is 19.2. The van der Waals surface area contributed by atoms with Crippen molar-refractivity contribution in [3.63, 3.8) is 0 Å². The van der Waals surface area contributed by atoms with Crippen molar-refractivity contribution in [2.24, 2.45) is 0 Å². The minimum atomic E-state index is -0.779. The van der Waals surface area contributed by atoms with E-state index >= 15 is 0 Å². The first-order valence-electron chi connectivity index (χ1n) is 6.00. The van der Waals surface area contributed by atoms with Gasteiger partial charge in [-0.25, -0.2) is 8.78 Å². The van der Waals surface area contributed by atoms with Crippen molar-refractivity contribution in [1.82, 2.24) is 5.32 Å². The molecule has 2 aromatic rings. The molecule has 0 saturated carbocycles. The molecule has 1 atom stereocenters. The lowest BCUT2D eigenvalue weighted by Crippen LogP contribution is -2.15. The second kappa shape index (κ2) is 4.50. The number of rotatable bonds is 2. The van der Waals surface area contributed by atoms with Crippen LogP contribution in [-0.2, 0) is 13.0 Å². The fourth-order valence-electron chi connectivity index (χ4n) is 2.49. The molecule has 0 aliphatic carbocycles. The molecule has 1 aliphatic rings. The molecule has 92 valence electrons. The molecular weight excluding hydrogens is 232 g/mol. The monoisotopic (exact) mass is 245 g/mol. The molecule has 0 radical (unpaired) electrons. The van der Waals surface area contributed by atoms with Gasteiger partial charge in [-0.2, -0.15) is 0 Å². The van der Waals surface area contributed by atoms with E-state index in [1.165, 1.54) is 11.1 Å². The average Bonchev–Trinajstić information content (AvgIpc) is 2.79. The van der Waals surface area contributed by atoms with Gasteiger partial charge >= 0.3 is 0 Å². The zero-order valence-electron chi connectivity index (χ0n) is 9.79. The molecule has 1 unspecified atom stereocenters. The van der Waals surface area contributed by atoms with Gasteiger partial charge in [0.25, 0.3) is 0 Å². The quantitative estimate of drug-likeness (QED) is 0.855. The lowest BCUT2D eigenvalue weighted by atomic mass is 9.98. The number of hydrogen-bond acceptors (Lipinski definition) is 1. The zero-order valence-corrected chi connectivity index (χ0v) is 9.79. The predicted octanol–water partition coefficient (Wildman–Crippen LogP) is 3.35. The Morgan fingerprint density at radius 1 is 1.06 bits per heavy atom. The second-order valence-corrected chi connectivity index (χ2v) is 4.55. The van der Waals surface area contributed by atoms with Crippen LogP contribution in [0.5, 0.6) is 0 Å². The van der Waals surface area contributed by atoms with Gasteiger partial charge in [-0.15, -0.1) is 0 Å². The van der Waals surface area contributed by atoms with Crippen molar-refractivity contribution in [2.75, 3.05) is 0 Å². The molecule has 0 aromatic heterocycles. The third-order valence-electron chi connectivity index (χ3n) is 3.43. The lowest BCUT2D eigenvalue weighted by Gasteiger charge is -2.13. The molecule has 3 heteroatoms. The molecule has 0 bridgehead atoms. The van der Waals surface area contributed by atoms with Gasteiger partial charge in [-0.05, 0) is 29.2 Å². The van der Waals surface area contributed by atoms with E-state index in [1.54, 1.807) is 12.1 Å².